The number of halogens is 2. The lowest BCUT2D eigenvalue weighted by Crippen LogP contribution is -2.42. The third kappa shape index (κ3) is 2.85. The molecule has 1 fully saturated rings. The maximum absolute atomic E-state index is 13.6. The zero-order valence-corrected chi connectivity index (χ0v) is 16.2. The molecule has 26 heavy (non-hydrogen) atoms. The summed E-state index contributed by atoms with van der Waals surface area (Å²) in [4.78, 5) is -0.0474. The minimum absolute atomic E-state index is 0.0474. The molecule has 2 aliphatic heterocycles. The summed E-state index contributed by atoms with van der Waals surface area (Å²) in [6.07, 6.45) is 0.628. The van der Waals surface area contributed by atoms with Crippen LogP contribution in [0.2, 0.25) is 0 Å². The molecule has 0 amide bonds. The number of rotatable bonds is 3. The minimum Gasteiger partial charge on any atom is -0.394 e. The third-order valence-corrected chi connectivity index (χ3v) is 7.56. The van der Waals surface area contributed by atoms with Crippen molar-refractivity contribution in [3.05, 3.63) is 58.3 Å². The van der Waals surface area contributed by atoms with E-state index in [1.807, 2.05) is 18.2 Å². The van der Waals surface area contributed by atoms with Crippen LogP contribution in [0.4, 0.5) is 10.1 Å². The molecule has 4 rings (SSSR count). The highest BCUT2D eigenvalue weighted by Gasteiger charge is 2.48. The monoisotopic (exact) mass is 440 g/mol. The molecule has 8 heteroatoms. The van der Waals surface area contributed by atoms with Gasteiger partial charge >= 0.3 is 0 Å². The summed E-state index contributed by atoms with van der Waals surface area (Å²) in [5.41, 5.74) is 1.68. The molecule has 2 heterocycles. The van der Waals surface area contributed by atoms with Crippen LogP contribution in [0, 0.1) is 11.7 Å². The average Bonchev–Trinajstić information content (AvgIpc) is 3.07. The average molecular weight is 441 g/mol. The molecule has 2 N–H and O–H groups in total. The van der Waals surface area contributed by atoms with Crippen LogP contribution < -0.4 is 5.32 Å². The molecule has 0 unspecified atom stereocenters. The molecule has 2 aliphatic rings. The Hall–Kier alpha value is -1.48. The number of sulfonamides is 1. The molecule has 2 aromatic rings. The molecular formula is C18H18BrFN2O3S. The molecule has 138 valence electrons. The number of nitrogens with zero attached hydrogens (tertiary/aromatic N) is 1. The van der Waals surface area contributed by atoms with Gasteiger partial charge in [-0.25, -0.2) is 12.8 Å². The van der Waals surface area contributed by atoms with Crippen molar-refractivity contribution in [2.24, 2.45) is 5.92 Å². The minimum atomic E-state index is -3.85. The first-order valence-corrected chi connectivity index (χ1v) is 10.6. The van der Waals surface area contributed by atoms with Gasteiger partial charge in [0.05, 0.1) is 23.6 Å². The second kappa shape index (κ2) is 6.60. The number of anilines is 1. The Kier molecular flexibility index (Phi) is 4.54. The van der Waals surface area contributed by atoms with Crippen LogP contribution in [-0.2, 0) is 10.0 Å². The van der Waals surface area contributed by atoms with E-state index >= 15 is 0 Å². The van der Waals surface area contributed by atoms with Gasteiger partial charge in [-0.05, 0) is 48.4 Å². The fourth-order valence-electron chi connectivity index (χ4n) is 4.02. The number of nitrogens with one attached hydrogen (secondary N) is 1. The molecule has 0 aromatic heterocycles. The zero-order valence-electron chi connectivity index (χ0n) is 13.8. The molecule has 2 aromatic carbocycles. The van der Waals surface area contributed by atoms with Crippen LogP contribution in [-0.4, -0.2) is 37.0 Å². The first kappa shape index (κ1) is 17.9. The number of hydrogen-bond donors (Lipinski definition) is 2. The van der Waals surface area contributed by atoms with E-state index in [4.69, 9.17) is 0 Å². The zero-order chi connectivity index (χ0) is 18.5. The Labute approximate surface area is 160 Å². The van der Waals surface area contributed by atoms with Crippen molar-refractivity contribution in [2.45, 2.75) is 23.4 Å². The predicted molar refractivity (Wildman–Crippen MR) is 99.8 cm³/mol. The van der Waals surface area contributed by atoms with Crippen molar-refractivity contribution in [2.75, 3.05) is 18.5 Å². The van der Waals surface area contributed by atoms with E-state index in [2.05, 4.69) is 21.2 Å². The van der Waals surface area contributed by atoms with Gasteiger partial charge in [-0.3, -0.25) is 0 Å². The Morgan fingerprint density at radius 3 is 2.81 bits per heavy atom. The van der Waals surface area contributed by atoms with Crippen LogP contribution in [0.3, 0.4) is 0 Å². The van der Waals surface area contributed by atoms with E-state index in [0.717, 1.165) is 21.8 Å². The molecule has 0 radical (unpaired) electrons. The standard InChI is InChI=1S/C18H18BrFN2O3S/c19-11-4-5-16-15(8-11)18-14(17(10-23)21-16)6-7-22(18)26(24,25)13-3-1-2-12(20)9-13/h1-5,8-9,14,17-18,21,23H,6-7,10H2/t14-,17+,18-/m1/s1. The lowest BCUT2D eigenvalue weighted by Gasteiger charge is -2.38. The van der Waals surface area contributed by atoms with Crippen molar-refractivity contribution in [1.29, 1.82) is 0 Å². The van der Waals surface area contributed by atoms with Crippen LogP contribution in [0.1, 0.15) is 18.0 Å². The van der Waals surface area contributed by atoms with Gasteiger partial charge in [0.25, 0.3) is 0 Å². The van der Waals surface area contributed by atoms with Gasteiger partial charge in [-0.1, -0.05) is 22.0 Å². The predicted octanol–water partition coefficient (Wildman–Crippen LogP) is 3.13. The van der Waals surface area contributed by atoms with E-state index in [9.17, 15) is 17.9 Å². The lowest BCUT2D eigenvalue weighted by molar-refractivity contribution is 0.210. The van der Waals surface area contributed by atoms with Crippen molar-refractivity contribution in [3.8, 4) is 0 Å². The summed E-state index contributed by atoms with van der Waals surface area (Å²) in [6.45, 7) is 0.253. The molecule has 5 nitrogen and oxygen atoms in total. The van der Waals surface area contributed by atoms with E-state index in [1.165, 1.54) is 22.5 Å². The Balaban J connectivity index is 1.82. The molecule has 0 spiro atoms. The van der Waals surface area contributed by atoms with Gasteiger partial charge in [0.2, 0.25) is 10.0 Å². The van der Waals surface area contributed by atoms with Gasteiger partial charge in [-0.15, -0.1) is 0 Å². The Morgan fingerprint density at radius 2 is 2.08 bits per heavy atom. The molecule has 0 saturated carbocycles. The van der Waals surface area contributed by atoms with Crippen LogP contribution in [0.5, 0.6) is 0 Å². The third-order valence-electron chi connectivity index (χ3n) is 5.19. The maximum Gasteiger partial charge on any atom is 0.243 e. The van der Waals surface area contributed by atoms with Crippen molar-refractivity contribution >= 4 is 31.6 Å². The number of aliphatic hydroxyl groups is 1. The van der Waals surface area contributed by atoms with Crippen molar-refractivity contribution in [1.82, 2.24) is 4.31 Å². The van der Waals surface area contributed by atoms with Gasteiger partial charge in [0.1, 0.15) is 5.82 Å². The second-order valence-corrected chi connectivity index (χ2v) is 9.44. The SMILES string of the molecule is O=S(=O)(c1cccc(F)c1)N1CC[C@@H]2[C@H](CO)Nc3ccc(Br)cc3[C@@H]21. The number of hydrogen-bond acceptors (Lipinski definition) is 4. The van der Waals surface area contributed by atoms with E-state index in [1.54, 1.807) is 0 Å². The molecular weight excluding hydrogens is 423 g/mol. The smallest absolute Gasteiger partial charge is 0.243 e. The first-order valence-electron chi connectivity index (χ1n) is 8.36. The summed E-state index contributed by atoms with van der Waals surface area (Å²) in [5.74, 6) is -0.631. The Bertz CT molecular complexity index is 953. The van der Waals surface area contributed by atoms with E-state index in [0.29, 0.717) is 13.0 Å². The summed E-state index contributed by atoms with van der Waals surface area (Å²) < 4.78 is 42.3. The Morgan fingerprint density at radius 1 is 1.27 bits per heavy atom. The summed E-state index contributed by atoms with van der Waals surface area (Å²) in [7, 11) is -3.85. The molecule has 3 atom stereocenters. The van der Waals surface area contributed by atoms with Gasteiger partial charge in [0.15, 0.2) is 0 Å². The summed E-state index contributed by atoms with van der Waals surface area (Å²) in [6, 6.07) is 10.1. The van der Waals surface area contributed by atoms with Crippen molar-refractivity contribution < 1.29 is 17.9 Å². The summed E-state index contributed by atoms with van der Waals surface area (Å²) >= 11 is 3.45. The quantitative estimate of drug-likeness (QED) is 0.768. The molecule has 0 aliphatic carbocycles. The normalized spacial score (nSPS) is 25.4. The topological polar surface area (TPSA) is 69.6 Å². The van der Waals surface area contributed by atoms with Crippen LogP contribution in [0.15, 0.2) is 51.8 Å². The highest BCUT2D eigenvalue weighted by molar-refractivity contribution is 9.10. The van der Waals surface area contributed by atoms with Crippen LogP contribution >= 0.6 is 15.9 Å². The first-order chi connectivity index (χ1) is 12.4. The maximum atomic E-state index is 13.6. The highest BCUT2D eigenvalue weighted by Crippen LogP contribution is 2.48. The lowest BCUT2D eigenvalue weighted by atomic mass is 9.84. The molecule has 1 saturated heterocycles. The number of benzene rings is 2. The highest BCUT2D eigenvalue weighted by atomic mass is 79.9. The molecule has 0 bridgehead atoms. The van der Waals surface area contributed by atoms with Crippen LogP contribution in [0.25, 0.3) is 0 Å². The fourth-order valence-corrected chi connectivity index (χ4v) is 6.10. The van der Waals surface area contributed by atoms with E-state index < -0.39 is 21.9 Å². The van der Waals surface area contributed by atoms with Gasteiger partial charge < -0.3 is 10.4 Å². The second-order valence-electron chi connectivity index (χ2n) is 6.64. The number of aliphatic hydroxyl groups excluding tert-OH is 1. The van der Waals surface area contributed by atoms with Gasteiger partial charge in [0, 0.05) is 22.6 Å². The van der Waals surface area contributed by atoms with E-state index in [-0.39, 0.29) is 23.5 Å². The largest absolute Gasteiger partial charge is 0.394 e. The number of fused-ring (bicyclic) bond motifs is 3. The van der Waals surface area contributed by atoms with Gasteiger partial charge in [-0.2, -0.15) is 4.31 Å². The fraction of sp³-hybridized carbons (Fsp3) is 0.333. The van der Waals surface area contributed by atoms with Crippen molar-refractivity contribution in [3.63, 3.8) is 0 Å². The summed E-state index contributed by atoms with van der Waals surface area (Å²) in [5, 5.41) is 13.1.